The topological polar surface area (TPSA) is 75.7 Å². The normalized spacial score (nSPS) is 32.0. The fourth-order valence-corrected chi connectivity index (χ4v) is 4.67. The van der Waals surface area contributed by atoms with Gasteiger partial charge in [-0.25, -0.2) is 0 Å². The van der Waals surface area contributed by atoms with E-state index in [4.69, 9.17) is 4.74 Å². The number of nitrogens with one attached hydrogen (secondary N) is 1. The number of imide groups is 1. The Hall–Kier alpha value is -1.73. The molecule has 4 heterocycles. The highest BCUT2D eigenvalue weighted by Crippen LogP contribution is 2.48. The van der Waals surface area contributed by atoms with Crippen LogP contribution >= 0.6 is 11.3 Å². The third-order valence-corrected chi connectivity index (χ3v) is 6.18. The second-order valence-electron chi connectivity index (χ2n) is 6.69. The predicted octanol–water partition coefficient (Wildman–Crippen LogP) is 1.68. The number of fused-ring (bicyclic) bond motifs is 5. The Bertz CT molecular complexity index is 670. The van der Waals surface area contributed by atoms with Crippen LogP contribution < -0.4 is 5.43 Å². The lowest BCUT2D eigenvalue weighted by molar-refractivity contribution is -0.145. The van der Waals surface area contributed by atoms with Gasteiger partial charge in [-0.15, -0.1) is 11.3 Å². The summed E-state index contributed by atoms with van der Waals surface area (Å²) < 4.78 is 5.67. The molecule has 0 saturated carbocycles. The molecule has 4 atom stereocenters. The Morgan fingerprint density at radius 3 is 2.39 bits per heavy atom. The van der Waals surface area contributed by atoms with Crippen LogP contribution in [-0.2, 0) is 14.3 Å². The summed E-state index contributed by atoms with van der Waals surface area (Å²) in [7, 11) is 0. The molecule has 1 aromatic rings. The second-order valence-corrected chi connectivity index (χ2v) is 7.63. The van der Waals surface area contributed by atoms with Crippen molar-refractivity contribution in [2.24, 2.45) is 11.8 Å². The third-order valence-electron chi connectivity index (χ3n) is 4.95. The van der Waals surface area contributed by atoms with Gasteiger partial charge in [0.2, 0.25) is 0 Å². The Balaban J connectivity index is 1.51. The molecule has 3 fully saturated rings. The van der Waals surface area contributed by atoms with Crippen LogP contribution in [0.1, 0.15) is 47.8 Å². The van der Waals surface area contributed by atoms with Crippen molar-refractivity contribution in [1.29, 1.82) is 0 Å². The lowest BCUT2D eigenvalue weighted by atomic mass is 9.81. The molecule has 1 N–H and O–H groups in total. The Morgan fingerprint density at radius 2 is 1.87 bits per heavy atom. The highest BCUT2D eigenvalue weighted by atomic mass is 32.1. The Morgan fingerprint density at radius 1 is 1.26 bits per heavy atom. The van der Waals surface area contributed by atoms with Gasteiger partial charge in [-0.05, 0) is 24.8 Å². The lowest BCUT2D eigenvalue weighted by Gasteiger charge is -2.17. The van der Waals surface area contributed by atoms with Crippen molar-refractivity contribution in [3.63, 3.8) is 0 Å². The van der Waals surface area contributed by atoms with Gasteiger partial charge in [-0.2, -0.15) is 5.01 Å². The molecule has 4 rings (SSSR count). The van der Waals surface area contributed by atoms with E-state index in [-0.39, 0.29) is 24.0 Å². The minimum Gasteiger partial charge on any atom is -0.373 e. The maximum atomic E-state index is 12.5. The minimum absolute atomic E-state index is 0.169. The number of hydrogen-bond acceptors (Lipinski definition) is 5. The molecular weight excluding hydrogens is 316 g/mol. The standard InChI is InChI=1S/C16H18N2O4S/c1-7(2)11-5-8(6-23-11)14(19)17-18-15(20)12-9-3-4-10(22-9)13(12)16(18)21/h5-7,9-10,12-13H,3-4H2,1-2H3,(H,17,19)/t9-,10-,12-,13-/m1/s1. The van der Waals surface area contributed by atoms with Crippen molar-refractivity contribution in [3.05, 3.63) is 21.9 Å². The largest absolute Gasteiger partial charge is 0.373 e. The van der Waals surface area contributed by atoms with E-state index >= 15 is 0 Å². The van der Waals surface area contributed by atoms with Crippen LogP contribution in [0.25, 0.3) is 0 Å². The fourth-order valence-electron chi connectivity index (χ4n) is 3.76. The summed E-state index contributed by atoms with van der Waals surface area (Å²) in [6.45, 7) is 4.11. The molecule has 3 amide bonds. The quantitative estimate of drug-likeness (QED) is 0.853. The predicted molar refractivity (Wildman–Crippen MR) is 82.6 cm³/mol. The molecule has 7 heteroatoms. The highest BCUT2D eigenvalue weighted by molar-refractivity contribution is 7.10. The number of hydrogen-bond donors (Lipinski definition) is 1. The van der Waals surface area contributed by atoms with Crippen molar-refractivity contribution >= 4 is 29.1 Å². The van der Waals surface area contributed by atoms with Crippen molar-refractivity contribution in [1.82, 2.24) is 10.4 Å². The number of nitrogens with zero attached hydrogens (tertiary/aromatic N) is 1. The average molecular weight is 334 g/mol. The van der Waals surface area contributed by atoms with E-state index in [1.54, 1.807) is 5.38 Å². The van der Waals surface area contributed by atoms with Gasteiger partial charge in [-0.1, -0.05) is 13.8 Å². The molecule has 2 bridgehead atoms. The van der Waals surface area contributed by atoms with Gasteiger partial charge in [0.15, 0.2) is 0 Å². The van der Waals surface area contributed by atoms with Crippen molar-refractivity contribution in [2.45, 2.75) is 44.8 Å². The van der Waals surface area contributed by atoms with Gasteiger partial charge < -0.3 is 4.74 Å². The number of carbonyl (C=O) groups excluding carboxylic acids is 3. The Labute approximate surface area is 137 Å². The molecule has 0 aliphatic carbocycles. The average Bonchev–Trinajstić information content (AvgIpc) is 3.26. The van der Waals surface area contributed by atoms with Crippen molar-refractivity contribution in [3.8, 4) is 0 Å². The smallest absolute Gasteiger partial charge is 0.271 e. The van der Waals surface area contributed by atoms with E-state index in [1.165, 1.54) is 11.3 Å². The summed E-state index contributed by atoms with van der Waals surface area (Å²) in [6, 6.07) is 1.81. The van der Waals surface area contributed by atoms with E-state index in [2.05, 4.69) is 19.3 Å². The van der Waals surface area contributed by atoms with Gasteiger partial charge in [0.25, 0.3) is 17.7 Å². The number of rotatable bonds is 3. The van der Waals surface area contributed by atoms with Gasteiger partial charge >= 0.3 is 0 Å². The van der Waals surface area contributed by atoms with Crippen LogP contribution in [0, 0.1) is 11.8 Å². The first-order chi connectivity index (χ1) is 11.0. The summed E-state index contributed by atoms with van der Waals surface area (Å²) in [5.74, 6) is -1.59. The highest BCUT2D eigenvalue weighted by Gasteiger charge is 2.62. The molecule has 1 aromatic heterocycles. The van der Waals surface area contributed by atoms with Crippen molar-refractivity contribution in [2.75, 3.05) is 0 Å². The van der Waals surface area contributed by atoms with Crippen LogP contribution in [0.2, 0.25) is 0 Å². The number of carbonyl (C=O) groups is 3. The van der Waals surface area contributed by atoms with Gasteiger partial charge in [0, 0.05) is 10.3 Å². The molecule has 0 unspecified atom stereocenters. The van der Waals surface area contributed by atoms with Crippen LogP contribution in [0.3, 0.4) is 0 Å². The molecule has 3 saturated heterocycles. The van der Waals surface area contributed by atoms with Crippen molar-refractivity contribution < 1.29 is 19.1 Å². The molecule has 0 radical (unpaired) electrons. The van der Waals surface area contributed by atoms with Crippen LogP contribution in [0.15, 0.2) is 11.4 Å². The first kappa shape index (κ1) is 14.8. The van der Waals surface area contributed by atoms with Crippen LogP contribution in [-0.4, -0.2) is 34.9 Å². The Kier molecular flexibility index (Phi) is 3.32. The number of thiophene rings is 1. The zero-order chi connectivity index (χ0) is 16.3. The summed E-state index contributed by atoms with van der Waals surface area (Å²) in [6.07, 6.45) is 1.29. The fraction of sp³-hybridized carbons (Fsp3) is 0.562. The van der Waals surface area contributed by atoms with E-state index in [0.717, 1.165) is 22.7 Å². The molecule has 6 nitrogen and oxygen atoms in total. The maximum Gasteiger partial charge on any atom is 0.271 e. The van der Waals surface area contributed by atoms with Crippen LogP contribution in [0.5, 0.6) is 0 Å². The summed E-state index contributed by atoms with van der Waals surface area (Å²) in [5, 5.41) is 2.67. The zero-order valence-corrected chi connectivity index (χ0v) is 13.8. The van der Waals surface area contributed by atoms with Crippen LogP contribution in [0.4, 0.5) is 0 Å². The summed E-state index contributed by atoms with van der Waals surface area (Å²) >= 11 is 1.50. The number of hydrazine groups is 1. The van der Waals surface area contributed by atoms with E-state index < -0.39 is 17.7 Å². The van der Waals surface area contributed by atoms with Gasteiger partial charge in [-0.3, -0.25) is 19.8 Å². The lowest BCUT2D eigenvalue weighted by Crippen LogP contribution is -2.47. The van der Waals surface area contributed by atoms with E-state index in [0.29, 0.717) is 11.5 Å². The molecule has 122 valence electrons. The van der Waals surface area contributed by atoms with Gasteiger partial charge in [0.05, 0.1) is 29.6 Å². The molecule has 3 aliphatic rings. The SMILES string of the molecule is CC(C)c1cc(C(=O)NN2C(=O)[C@H]3[C@H](C2=O)[C@H]2CC[C@H]3O2)cs1. The first-order valence-corrected chi connectivity index (χ1v) is 8.78. The monoisotopic (exact) mass is 334 g/mol. The summed E-state index contributed by atoms with van der Waals surface area (Å²) in [5.41, 5.74) is 2.97. The van der Waals surface area contributed by atoms with E-state index in [9.17, 15) is 14.4 Å². The van der Waals surface area contributed by atoms with Gasteiger partial charge in [0.1, 0.15) is 0 Å². The molecule has 3 aliphatic heterocycles. The minimum atomic E-state index is -0.421. The zero-order valence-electron chi connectivity index (χ0n) is 12.9. The second kappa shape index (κ2) is 5.14. The molecule has 23 heavy (non-hydrogen) atoms. The third kappa shape index (κ3) is 2.14. The number of amides is 3. The molecule has 0 aromatic carbocycles. The summed E-state index contributed by atoms with van der Waals surface area (Å²) in [4.78, 5) is 38.4. The maximum absolute atomic E-state index is 12.5. The number of ether oxygens (including phenoxy) is 1. The van der Waals surface area contributed by atoms with E-state index in [1.807, 2.05) is 6.07 Å². The first-order valence-electron chi connectivity index (χ1n) is 7.90. The molecular formula is C16H18N2O4S. The molecule has 0 spiro atoms.